The van der Waals surface area contributed by atoms with Gasteiger partial charge in [-0.05, 0) is 23.8 Å². The van der Waals surface area contributed by atoms with Gasteiger partial charge in [0.25, 0.3) is 0 Å². The first kappa shape index (κ1) is 19.8. The topological polar surface area (TPSA) is 111 Å². The maximum atomic E-state index is 13.3. The number of carbonyl (C=O) groups is 3. The highest BCUT2D eigenvalue weighted by atomic mass is 32.2. The van der Waals surface area contributed by atoms with Crippen LogP contribution >= 0.6 is 11.8 Å². The maximum Gasteiger partial charge on any atom is 0.313 e. The van der Waals surface area contributed by atoms with Gasteiger partial charge < -0.3 is 20.7 Å². The molecule has 1 aromatic carbocycles. The lowest BCUT2D eigenvalue weighted by molar-refractivity contribution is -0.134. The van der Waals surface area contributed by atoms with Gasteiger partial charge in [0, 0.05) is 42.7 Å². The largest absolute Gasteiger partial charge is 0.481 e. The Kier molecular flexibility index (Phi) is 7.02. The molecule has 2 rings (SSSR count). The number of aromatic nitrogens is 1. The van der Waals surface area contributed by atoms with Crippen LogP contribution in [-0.4, -0.2) is 52.0 Å². The molecule has 0 aliphatic heterocycles. The number of carboxylic acids is 1. The monoisotopic (exact) mass is 381 g/mol. The van der Waals surface area contributed by atoms with E-state index in [4.69, 9.17) is 5.11 Å². The molecule has 0 saturated carbocycles. The Bertz CT molecular complexity index is 808. The highest BCUT2D eigenvalue weighted by molar-refractivity contribution is 7.99. The molecular weight excluding hydrogens is 361 g/mol. The van der Waals surface area contributed by atoms with E-state index in [1.807, 2.05) is 0 Å². The molecule has 0 saturated heterocycles. The number of amides is 2. The van der Waals surface area contributed by atoms with E-state index in [-0.39, 0.29) is 29.8 Å². The molecule has 0 radical (unpaired) electrons. The third kappa shape index (κ3) is 5.76. The van der Waals surface area contributed by atoms with E-state index in [1.54, 1.807) is 12.3 Å². The molecule has 0 bridgehead atoms. The van der Waals surface area contributed by atoms with E-state index in [9.17, 15) is 18.8 Å². The van der Waals surface area contributed by atoms with E-state index in [0.29, 0.717) is 17.8 Å². The predicted molar refractivity (Wildman–Crippen MR) is 97.5 cm³/mol. The molecule has 1 aromatic heterocycles. The van der Waals surface area contributed by atoms with Crippen molar-refractivity contribution < 1.29 is 23.9 Å². The van der Waals surface area contributed by atoms with Gasteiger partial charge in [-0.1, -0.05) is 0 Å². The molecule has 1 heterocycles. The van der Waals surface area contributed by atoms with Gasteiger partial charge in [0.1, 0.15) is 11.9 Å². The van der Waals surface area contributed by atoms with Gasteiger partial charge in [-0.3, -0.25) is 14.4 Å². The average molecular weight is 381 g/mol. The van der Waals surface area contributed by atoms with Crippen LogP contribution in [0.25, 0.3) is 10.9 Å². The summed E-state index contributed by atoms with van der Waals surface area (Å²) in [4.78, 5) is 37.2. The average Bonchev–Trinajstić information content (AvgIpc) is 2.95. The molecule has 0 aliphatic carbocycles. The van der Waals surface area contributed by atoms with Crippen molar-refractivity contribution in [2.75, 3.05) is 18.1 Å². The van der Waals surface area contributed by atoms with Crippen molar-refractivity contribution in [2.24, 2.45) is 0 Å². The van der Waals surface area contributed by atoms with Crippen LogP contribution in [0.15, 0.2) is 24.4 Å². The van der Waals surface area contributed by atoms with Crippen molar-refractivity contribution in [3.05, 3.63) is 35.8 Å². The van der Waals surface area contributed by atoms with Crippen molar-refractivity contribution in [1.29, 1.82) is 0 Å². The minimum absolute atomic E-state index is 0.0309. The van der Waals surface area contributed by atoms with Gasteiger partial charge in [0.2, 0.25) is 11.8 Å². The number of H-pyrrole nitrogens is 1. The normalized spacial score (nSPS) is 11.9. The minimum Gasteiger partial charge on any atom is -0.481 e. The summed E-state index contributed by atoms with van der Waals surface area (Å²) in [5.41, 5.74) is 1.40. The zero-order valence-electron chi connectivity index (χ0n) is 14.2. The number of fused-ring (bicyclic) bond motifs is 1. The molecule has 2 amide bonds. The molecule has 1 atom stereocenters. The molecule has 2 aromatic rings. The fraction of sp³-hybridized carbons (Fsp3) is 0.353. The molecule has 140 valence electrons. The highest BCUT2D eigenvalue weighted by Gasteiger charge is 2.21. The summed E-state index contributed by atoms with van der Waals surface area (Å²) < 4.78 is 13.3. The van der Waals surface area contributed by atoms with Gasteiger partial charge in [-0.25, -0.2) is 4.39 Å². The number of carboxylic acid groups (broad SMARTS) is 1. The Balaban J connectivity index is 2.00. The number of carbonyl (C=O) groups excluding carboxylic acids is 2. The van der Waals surface area contributed by atoms with Crippen LogP contribution in [0, 0.1) is 5.82 Å². The second kappa shape index (κ2) is 9.23. The lowest BCUT2D eigenvalue weighted by Gasteiger charge is -2.17. The molecule has 7 nitrogen and oxygen atoms in total. The summed E-state index contributed by atoms with van der Waals surface area (Å²) in [6.07, 6.45) is 1.94. The summed E-state index contributed by atoms with van der Waals surface area (Å²) in [5, 5.41) is 14.7. The Labute approximate surface area is 153 Å². The zero-order chi connectivity index (χ0) is 19.1. The van der Waals surface area contributed by atoms with Crippen LogP contribution in [0.5, 0.6) is 0 Å². The third-order valence-electron chi connectivity index (χ3n) is 3.62. The van der Waals surface area contributed by atoms with Crippen LogP contribution in [0.1, 0.15) is 12.5 Å². The highest BCUT2D eigenvalue weighted by Crippen LogP contribution is 2.20. The molecule has 26 heavy (non-hydrogen) atoms. The van der Waals surface area contributed by atoms with E-state index < -0.39 is 12.0 Å². The van der Waals surface area contributed by atoms with Crippen molar-refractivity contribution in [2.45, 2.75) is 19.4 Å². The van der Waals surface area contributed by atoms with Crippen molar-refractivity contribution in [3.8, 4) is 0 Å². The van der Waals surface area contributed by atoms with Gasteiger partial charge in [-0.2, -0.15) is 0 Å². The summed E-state index contributed by atoms with van der Waals surface area (Å²) in [7, 11) is 0. The maximum absolute atomic E-state index is 13.3. The van der Waals surface area contributed by atoms with Crippen LogP contribution < -0.4 is 10.6 Å². The first-order valence-corrected chi connectivity index (χ1v) is 9.12. The quantitative estimate of drug-likeness (QED) is 0.489. The summed E-state index contributed by atoms with van der Waals surface area (Å²) >= 11 is 1.20. The Morgan fingerprint density at radius 3 is 2.81 bits per heavy atom. The number of aromatic amines is 1. The van der Waals surface area contributed by atoms with Crippen LogP contribution in [0.4, 0.5) is 4.39 Å². The Morgan fingerprint density at radius 1 is 1.35 bits per heavy atom. The number of nitrogens with one attached hydrogen (secondary N) is 3. The minimum atomic E-state index is -0.909. The number of hydrogen-bond donors (Lipinski definition) is 4. The number of aliphatic carboxylic acids is 1. The fourth-order valence-corrected chi connectivity index (χ4v) is 3.10. The van der Waals surface area contributed by atoms with E-state index in [0.717, 1.165) is 10.9 Å². The predicted octanol–water partition coefficient (Wildman–Crippen LogP) is 1.29. The van der Waals surface area contributed by atoms with E-state index >= 15 is 0 Å². The number of rotatable bonds is 9. The molecule has 4 N–H and O–H groups in total. The third-order valence-corrected chi connectivity index (χ3v) is 4.56. The lowest BCUT2D eigenvalue weighted by atomic mass is 10.0. The molecule has 9 heteroatoms. The van der Waals surface area contributed by atoms with Gasteiger partial charge in [0.15, 0.2) is 0 Å². The standard InChI is InChI=1S/C17H20FN3O4S/c1-10(22)21-15(17(25)19-4-5-26-9-16(23)24)6-11-8-20-14-7-12(18)2-3-13(11)14/h2-3,7-8,15,20H,4-6,9H2,1H3,(H,19,25)(H,21,22)(H,23,24). The Hall–Kier alpha value is -2.55. The summed E-state index contributed by atoms with van der Waals surface area (Å²) in [6, 6.07) is 3.56. The first-order valence-electron chi connectivity index (χ1n) is 7.96. The van der Waals surface area contributed by atoms with Gasteiger partial charge >= 0.3 is 5.97 Å². The Morgan fingerprint density at radius 2 is 2.12 bits per heavy atom. The summed E-state index contributed by atoms with van der Waals surface area (Å²) in [6.45, 7) is 1.62. The fourth-order valence-electron chi connectivity index (χ4n) is 2.53. The number of thioether (sulfide) groups is 1. The molecular formula is C17H20FN3O4S. The summed E-state index contributed by atoms with van der Waals surface area (Å²) in [5.74, 6) is -1.54. The first-order chi connectivity index (χ1) is 12.4. The van der Waals surface area contributed by atoms with Crippen LogP contribution in [0.3, 0.4) is 0 Å². The van der Waals surface area contributed by atoms with Crippen molar-refractivity contribution >= 4 is 40.4 Å². The number of benzene rings is 1. The molecule has 0 aliphatic rings. The lowest BCUT2D eigenvalue weighted by Crippen LogP contribution is -2.47. The van der Waals surface area contributed by atoms with E-state index in [1.165, 1.54) is 30.8 Å². The van der Waals surface area contributed by atoms with Gasteiger partial charge in [-0.15, -0.1) is 11.8 Å². The smallest absolute Gasteiger partial charge is 0.313 e. The van der Waals surface area contributed by atoms with Crippen molar-refractivity contribution in [3.63, 3.8) is 0 Å². The molecule has 0 spiro atoms. The molecule has 0 fully saturated rings. The SMILES string of the molecule is CC(=O)NC(Cc1c[nH]c2cc(F)ccc12)C(=O)NCCSCC(=O)O. The molecule has 1 unspecified atom stereocenters. The second-order valence-electron chi connectivity index (χ2n) is 5.70. The van der Waals surface area contributed by atoms with Crippen LogP contribution in [-0.2, 0) is 20.8 Å². The number of halogens is 1. The number of hydrogen-bond acceptors (Lipinski definition) is 4. The van der Waals surface area contributed by atoms with Crippen molar-refractivity contribution in [1.82, 2.24) is 15.6 Å². The zero-order valence-corrected chi connectivity index (χ0v) is 15.0. The second-order valence-corrected chi connectivity index (χ2v) is 6.80. The van der Waals surface area contributed by atoms with Crippen LogP contribution in [0.2, 0.25) is 0 Å². The van der Waals surface area contributed by atoms with Gasteiger partial charge in [0.05, 0.1) is 5.75 Å². The van der Waals surface area contributed by atoms with E-state index in [2.05, 4.69) is 15.6 Å².